The maximum Gasteiger partial charge on any atom is 0.191 e. The summed E-state index contributed by atoms with van der Waals surface area (Å²) in [5.41, 5.74) is 0.985. The second-order valence-corrected chi connectivity index (χ2v) is 5.95. The Morgan fingerprint density at radius 3 is 2.86 bits per heavy atom. The third-order valence-corrected chi connectivity index (χ3v) is 3.98. The van der Waals surface area contributed by atoms with Crippen molar-refractivity contribution in [2.24, 2.45) is 10.9 Å². The molecule has 2 N–H and O–H groups in total. The van der Waals surface area contributed by atoms with Crippen LogP contribution in [0.3, 0.4) is 0 Å². The number of aliphatic imine (C=N–C) groups is 1. The molecule has 0 aromatic carbocycles. The SMILES string of the molecule is CCNC(=NCc1cc(CC)no1)NC1CCCC(C)C1.I. The molecule has 1 saturated carbocycles. The van der Waals surface area contributed by atoms with E-state index in [9.17, 15) is 0 Å². The van der Waals surface area contributed by atoms with Gasteiger partial charge in [0.1, 0.15) is 6.54 Å². The summed E-state index contributed by atoms with van der Waals surface area (Å²) in [5, 5.41) is 10.9. The molecular weight excluding hydrogens is 391 g/mol. The predicted molar refractivity (Wildman–Crippen MR) is 101 cm³/mol. The van der Waals surface area contributed by atoms with Crippen molar-refractivity contribution in [2.75, 3.05) is 6.54 Å². The zero-order chi connectivity index (χ0) is 15.1. The minimum Gasteiger partial charge on any atom is -0.359 e. The van der Waals surface area contributed by atoms with E-state index in [4.69, 9.17) is 4.52 Å². The van der Waals surface area contributed by atoms with E-state index in [1.165, 1.54) is 25.7 Å². The van der Waals surface area contributed by atoms with Crippen molar-refractivity contribution in [3.05, 3.63) is 17.5 Å². The first-order chi connectivity index (χ1) is 10.2. The Balaban J connectivity index is 0.00000242. The predicted octanol–water partition coefficient (Wildman–Crippen LogP) is 3.49. The topological polar surface area (TPSA) is 62.5 Å². The van der Waals surface area contributed by atoms with Crippen molar-refractivity contribution in [1.29, 1.82) is 0 Å². The molecule has 0 bridgehead atoms. The summed E-state index contributed by atoms with van der Waals surface area (Å²) in [5.74, 6) is 2.51. The van der Waals surface area contributed by atoms with Crippen molar-refractivity contribution >= 4 is 29.9 Å². The maximum atomic E-state index is 5.28. The molecule has 2 atom stereocenters. The largest absolute Gasteiger partial charge is 0.359 e. The smallest absolute Gasteiger partial charge is 0.191 e. The van der Waals surface area contributed by atoms with Crippen LogP contribution in [0, 0.1) is 5.92 Å². The minimum atomic E-state index is 0. The van der Waals surface area contributed by atoms with Crippen molar-refractivity contribution < 1.29 is 4.52 Å². The van der Waals surface area contributed by atoms with Crippen LogP contribution in [0.1, 0.15) is 57.9 Å². The van der Waals surface area contributed by atoms with Gasteiger partial charge in [0.15, 0.2) is 11.7 Å². The quantitative estimate of drug-likeness (QED) is 0.435. The number of hydrogen-bond donors (Lipinski definition) is 2. The minimum absolute atomic E-state index is 0. The van der Waals surface area contributed by atoms with Gasteiger partial charge in [0.05, 0.1) is 5.69 Å². The molecule has 1 aromatic rings. The second kappa shape index (κ2) is 10.1. The molecule has 1 aromatic heterocycles. The van der Waals surface area contributed by atoms with E-state index in [0.717, 1.165) is 36.3 Å². The Labute approximate surface area is 150 Å². The normalized spacial score (nSPS) is 22.0. The fourth-order valence-electron chi connectivity index (χ4n) is 2.83. The summed E-state index contributed by atoms with van der Waals surface area (Å²) in [6.07, 6.45) is 6.01. The average molecular weight is 420 g/mol. The van der Waals surface area contributed by atoms with Crippen LogP contribution in [0.4, 0.5) is 0 Å². The molecule has 1 fully saturated rings. The number of aryl methyl sites for hydroxylation is 1. The van der Waals surface area contributed by atoms with Gasteiger partial charge >= 0.3 is 0 Å². The van der Waals surface area contributed by atoms with Gasteiger partial charge < -0.3 is 15.2 Å². The molecular formula is C16H29IN4O. The van der Waals surface area contributed by atoms with E-state index in [1.54, 1.807) is 0 Å². The van der Waals surface area contributed by atoms with Crippen LogP contribution in [0.2, 0.25) is 0 Å². The summed E-state index contributed by atoms with van der Waals surface area (Å²) in [4.78, 5) is 4.61. The van der Waals surface area contributed by atoms with Gasteiger partial charge in [-0.2, -0.15) is 0 Å². The lowest BCUT2D eigenvalue weighted by molar-refractivity contribution is 0.324. The van der Waals surface area contributed by atoms with E-state index in [-0.39, 0.29) is 24.0 Å². The van der Waals surface area contributed by atoms with Crippen LogP contribution < -0.4 is 10.6 Å². The number of guanidine groups is 1. The molecule has 5 nitrogen and oxygen atoms in total. The molecule has 22 heavy (non-hydrogen) atoms. The molecule has 2 rings (SSSR count). The van der Waals surface area contributed by atoms with Crippen LogP contribution in [-0.2, 0) is 13.0 Å². The van der Waals surface area contributed by atoms with Gasteiger partial charge in [-0.15, -0.1) is 24.0 Å². The fraction of sp³-hybridized carbons (Fsp3) is 0.750. The highest BCUT2D eigenvalue weighted by Crippen LogP contribution is 2.23. The van der Waals surface area contributed by atoms with Crippen molar-refractivity contribution in [1.82, 2.24) is 15.8 Å². The number of nitrogens with zero attached hydrogens (tertiary/aromatic N) is 2. The lowest BCUT2D eigenvalue weighted by Crippen LogP contribution is -2.45. The van der Waals surface area contributed by atoms with E-state index in [0.29, 0.717) is 12.6 Å². The maximum absolute atomic E-state index is 5.28. The van der Waals surface area contributed by atoms with Crippen LogP contribution in [0.5, 0.6) is 0 Å². The molecule has 1 heterocycles. The molecule has 0 amide bonds. The molecule has 126 valence electrons. The van der Waals surface area contributed by atoms with Gasteiger partial charge in [-0.1, -0.05) is 31.8 Å². The number of nitrogens with one attached hydrogen (secondary N) is 2. The van der Waals surface area contributed by atoms with E-state index in [1.807, 2.05) is 6.07 Å². The molecule has 0 aliphatic heterocycles. The molecule has 0 spiro atoms. The Morgan fingerprint density at radius 2 is 2.23 bits per heavy atom. The van der Waals surface area contributed by atoms with Crippen molar-refractivity contribution in [2.45, 2.75) is 65.5 Å². The number of aromatic nitrogens is 1. The highest BCUT2D eigenvalue weighted by atomic mass is 127. The first-order valence-corrected chi connectivity index (χ1v) is 8.20. The van der Waals surface area contributed by atoms with Gasteiger partial charge in [0.25, 0.3) is 0 Å². The first-order valence-electron chi connectivity index (χ1n) is 8.20. The summed E-state index contributed by atoms with van der Waals surface area (Å²) in [6.45, 7) is 7.89. The summed E-state index contributed by atoms with van der Waals surface area (Å²) in [7, 11) is 0. The van der Waals surface area contributed by atoms with E-state index >= 15 is 0 Å². The highest BCUT2D eigenvalue weighted by molar-refractivity contribution is 14.0. The summed E-state index contributed by atoms with van der Waals surface area (Å²) >= 11 is 0. The van der Waals surface area contributed by atoms with Crippen molar-refractivity contribution in [3.63, 3.8) is 0 Å². The molecule has 0 saturated heterocycles. The van der Waals surface area contributed by atoms with Gasteiger partial charge in [-0.3, -0.25) is 0 Å². The van der Waals surface area contributed by atoms with Gasteiger partial charge in [-0.05, 0) is 32.1 Å². The Bertz CT molecular complexity index is 461. The van der Waals surface area contributed by atoms with Crippen LogP contribution in [0.15, 0.2) is 15.6 Å². The third kappa shape index (κ3) is 6.14. The monoisotopic (exact) mass is 420 g/mol. The Kier molecular flexibility index (Phi) is 8.82. The Morgan fingerprint density at radius 1 is 1.41 bits per heavy atom. The second-order valence-electron chi connectivity index (χ2n) is 5.95. The van der Waals surface area contributed by atoms with Gasteiger partial charge in [0, 0.05) is 18.7 Å². The van der Waals surface area contributed by atoms with E-state index < -0.39 is 0 Å². The first kappa shape index (κ1) is 19.3. The highest BCUT2D eigenvalue weighted by Gasteiger charge is 2.19. The Hall–Kier alpha value is -0.790. The van der Waals surface area contributed by atoms with Gasteiger partial charge in [-0.25, -0.2) is 4.99 Å². The lowest BCUT2D eigenvalue weighted by atomic mass is 9.87. The van der Waals surface area contributed by atoms with Crippen LogP contribution >= 0.6 is 24.0 Å². The molecule has 1 aliphatic rings. The zero-order valence-corrected chi connectivity index (χ0v) is 16.2. The summed E-state index contributed by atoms with van der Waals surface area (Å²) in [6, 6.07) is 2.52. The van der Waals surface area contributed by atoms with Crippen LogP contribution in [-0.4, -0.2) is 23.7 Å². The molecule has 2 unspecified atom stereocenters. The van der Waals surface area contributed by atoms with Gasteiger partial charge in [0.2, 0.25) is 0 Å². The van der Waals surface area contributed by atoms with Crippen molar-refractivity contribution in [3.8, 4) is 0 Å². The lowest BCUT2D eigenvalue weighted by Gasteiger charge is -2.28. The van der Waals surface area contributed by atoms with E-state index in [2.05, 4.69) is 41.6 Å². The fourth-order valence-corrected chi connectivity index (χ4v) is 2.83. The number of halogens is 1. The molecule has 1 aliphatic carbocycles. The molecule has 0 radical (unpaired) electrons. The number of hydrogen-bond acceptors (Lipinski definition) is 3. The average Bonchev–Trinajstić information content (AvgIpc) is 2.93. The molecule has 6 heteroatoms. The zero-order valence-electron chi connectivity index (χ0n) is 13.9. The number of rotatable bonds is 5. The standard InChI is InChI=1S/C16H28N4O.HI/c1-4-13-10-15(21-20-13)11-18-16(17-5-2)19-14-8-6-7-12(3)9-14;/h10,12,14H,4-9,11H2,1-3H3,(H2,17,18,19);1H. The summed E-state index contributed by atoms with van der Waals surface area (Å²) < 4.78 is 5.28. The van der Waals surface area contributed by atoms with Crippen LogP contribution in [0.25, 0.3) is 0 Å². The third-order valence-electron chi connectivity index (χ3n) is 3.98.